The normalized spacial score (nSPS) is 10.6. The quantitative estimate of drug-likeness (QED) is 0.620. The highest BCUT2D eigenvalue weighted by atomic mass is 32.2. The molecule has 0 saturated carbocycles. The second-order valence-electron chi connectivity index (χ2n) is 4.27. The summed E-state index contributed by atoms with van der Waals surface area (Å²) in [5.41, 5.74) is 1.33. The van der Waals surface area contributed by atoms with Gasteiger partial charge < -0.3 is 5.32 Å². The van der Waals surface area contributed by atoms with Crippen molar-refractivity contribution in [2.24, 2.45) is 0 Å². The monoisotopic (exact) mass is 273 g/mol. The van der Waals surface area contributed by atoms with Crippen LogP contribution in [0.3, 0.4) is 0 Å². The van der Waals surface area contributed by atoms with E-state index in [0.717, 1.165) is 24.7 Å². The molecule has 1 aromatic carbocycles. The fraction of sp³-hybridized carbons (Fsp3) is 0.333. The Kier molecular flexibility index (Phi) is 5.85. The molecule has 100 valence electrons. The van der Waals surface area contributed by atoms with Crippen molar-refractivity contribution in [3.05, 3.63) is 54.1 Å². The van der Waals surface area contributed by atoms with Crippen molar-refractivity contribution in [2.45, 2.75) is 30.5 Å². The molecule has 1 aromatic heterocycles. The predicted octanol–water partition coefficient (Wildman–Crippen LogP) is 3.27. The number of rotatable bonds is 7. The molecule has 4 heteroatoms. The Bertz CT molecular complexity index is 471. The van der Waals surface area contributed by atoms with Gasteiger partial charge in [-0.3, -0.25) is 0 Å². The molecule has 2 rings (SSSR count). The summed E-state index contributed by atoms with van der Waals surface area (Å²) in [6.45, 7) is 4.20. The first-order valence-corrected chi connectivity index (χ1v) is 7.55. The van der Waals surface area contributed by atoms with Crippen LogP contribution in [0.25, 0.3) is 0 Å². The summed E-state index contributed by atoms with van der Waals surface area (Å²) in [6, 6.07) is 10.5. The van der Waals surface area contributed by atoms with Crippen LogP contribution in [-0.4, -0.2) is 16.5 Å². The minimum atomic E-state index is 0.814. The van der Waals surface area contributed by atoms with Gasteiger partial charge in [-0.25, -0.2) is 9.97 Å². The highest BCUT2D eigenvalue weighted by Gasteiger charge is 1.98. The van der Waals surface area contributed by atoms with Crippen LogP contribution >= 0.6 is 11.8 Å². The van der Waals surface area contributed by atoms with Gasteiger partial charge in [0.25, 0.3) is 0 Å². The van der Waals surface area contributed by atoms with Gasteiger partial charge >= 0.3 is 0 Å². The van der Waals surface area contributed by atoms with Gasteiger partial charge in [-0.1, -0.05) is 19.1 Å². The standard InChI is InChI=1S/C15H19N3S/c1-2-8-16-11-13-4-6-14(7-5-13)19-12-15-17-9-3-10-18-15/h3-7,9-10,16H,2,8,11-12H2,1H3. The third-order valence-corrected chi connectivity index (χ3v) is 3.67. The average molecular weight is 273 g/mol. The van der Waals surface area contributed by atoms with Gasteiger partial charge in [0.1, 0.15) is 5.82 Å². The summed E-state index contributed by atoms with van der Waals surface area (Å²) >= 11 is 1.77. The van der Waals surface area contributed by atoms with E-state index in [4.69, 9.17) is 0 Å². The molecule has 1 N–H and O–H groups in total. The Morgan fingerprint density at radius 1 is 1.11 bits per heavy atom. The number of benzene rings is 1. The Labute approximate surface area is 118 Å². The molecule has 0 atom stereocenters. The van der Waals surface area contributed by atoms with E-state index < -0.39 is 0 Å². The lowest BCUT2D eigenvalue weighted by molar-refractivity contribution is 0.675. The van der Waals surface area contributed by atoms with Gasteiger partial charge in [0, 0.05) is 23.8 Å². The van der Waals surface area contributed by atoms with Gasteiger partial charge in [-0.2, -0.15) is 0 Å². The molecule has 0 aliphatic rings. The SMILES string of the molecule is CCCNCc1ccc(SCc2ncccn2)cc1. The zero-order valence-corrected chi connectivity index (χ0v) is 12.0. The molecule has 1 heterocycles. The minimum absolute atomic E-state index is 0.814. The maximum absolute atomic E-state index is 4.22. The second-order valence-corrected chi connectivity index (χ2v) is 5.32. The maximum Gasteiger partial charge on any atom is 0.138 e. The van der Waals surface area contributed by atoms with Crippen molar-refractivity contribution in [1.82, 2.24) is 15.3 Å². The summed E-state index contributed by atoms with van der Waals surface area (Å²) in [6.07, 6.45) is 4.74. The Hall–Kier alpha value is -1.39. The lowest BCUT2D eigenvalue weighted by Crippen LogP contribution is -2.13. The third-order valence-electron chi connectivity index (χ3n) is 2.67. The van der Waals surface area contributed by atoms with E-state index in [-0.39, 0.29) is 0 Å². The van der Waals surface area contributed by atoms with Crippen LogP contribution in [0.1, 0.15) is 24.7 Å². The lowest BCUT2D eigenvalue weighted by atomic mass is 10.2. The van der Waals surface area contributed by atoms with Crippen LogP contribution in [0.5, 0.6) is 0 Å². The predicted molar refractivity (Wildman–Crippen MR) is 80.0 cm³/mol. The summed E-state index contributed by atoms with van der Waals surface area (Å²) in [5.74, 6) is 1.69. The molecule has 0 spiro atoms. The molecular weight excluding hydrogens is 254 g/mol. The summed E-state index contributed by atoms with van der Waals surface area (Å²) in [4.78, 5) is 9.69. The van der Waals surface area contributed by atoms with Gasteiger partial charge in [-0.05, 0) is 36.7 Å². The van der Waals surface area contributed by atoms with E-state index in [1.165, 1.54) is 16.9 Å². The van der Waals surface area contributed by atoms with E-state index in [1.54, 1.807) is 24.2 Å². The maximum atomic E-state index is 4.22. The zero-order valence-electron chi connectivity index (χ0n) is 11.2. The van der Waals surface area contributed by atoms with Crippen molar-refractivity contribution in [1.29, 1.82) is 0 Å². The van der Waals surface area contributed by atoms with E-state index in [9.17, 15) is 0 Å². The first kappa shape index (κ1) is 14.0. The molecule has 0 aliphatic carbocycles. The number of aromatic nitrogens is 2. The third kappa shape index (κ3) is 5.01. The Balaban J connectivity index is 1.81. The van der Waals surface area contributed by atoms with Crippen molar-refractivity contribution in [2.75, 3.05) is 6.54 Å². The van der Waals surface area contributed by atoms with E-state index >= 15 is 0 Å². The van der Waals surface area contributed by atoms with Crippen LogP contribution in [-0.2, 0) is 12.3 Å². The van der Waals surface area contributed by atoms with E-state index in [2.05, 4.69) is 46.5 Å². The van der Waals surface area contributed by atoms with Crippen molar-refractivity contribution in [3.63, 3.8) is 0 Å². The molecule has 0 aliphatic heterocycles. The largest absolute Gasteiger partial charge is 0.313 e. The first-order chi connectivity index (χ1) is 9.38. The average Bonchev–Trinajstić information content (AvgIpc) is 2.48. The first-order valence-electron chi connectivity index (χ1n) is 6.57. The molecule has 0 amide bonds. The van der Waals surface area contributed by atoms with Crippen molar-refractivity contribution < 1.29 is 0 Å². The molecule has 0 unspecified atom stereocenters. The van der Waals surface area contributed by atoms with Crippen molar-refractivity contribution in [3.8, 4) is 0 Å². The van der Waals surface area contributed by atoms with Gasteiger partial charge in [0.2, 0.25) is 0 Å². The smallest absolute Gasteiger partial charge is 0.138 e. The number of hydrogen-bond acceptors (Lipinski definition) is 4. The van der Waals surface area contributed by atoms with Gasteiger partial charge in [-0.15, -0.1) is 11.8 Å². The molecule has 0 saturated heterocycles. The van der Waals surface area contributed by atoms with Crippen LogP contribution in [0.15, 0.2) is 47.6 Å². The summed E-state index contributed by atoms with van der Waals surface area (Å²) in [7, 11) is 0. The minimum Gasteiger partial charge on any atom is -0.313 e. The molecule has 0 radical (unpaired) electrons. The van der Waals surface area contributed by atoms with Crippen LogP contribution in [0, 0.1) is 0 Å². The highest BCUT2D eigenvalue weighted by Crippen LogP contribution is 2.21. The molecule has 0 fully saturated rings. The Morgan fingerprint density at radius 2 is 1.84 bits per heavy atom. The number of thioether (sulfide) groups is 1. The van der Waals surface area contributed by atoms with Crippen molar-refractivity contribution >= 4 is 11.8 Å². The molecule has 2 aromatic rings. The fourth-order valence-corrected chi connectivity index (χ4v) is 2.44. The fourth-order valence-electron chi connectivity index (χ4n) is 1.67. The number of nitrogens with one attached hydrogen (secondary N) is 1. The van der Waals surface area contributed by atoms with Crippen LogP contribution < -0.4 is 5.32 Å². The topological polar surface area (TPSA) is 37.8 Å². The van der Waals surface area contributed by atoms with E-state index in [1.807, 2.05) is 6.07 Å². The summed E-state index contributed by atoms with van der Waals surface area (Å²) < 4.78 is 0. The van der Waals surface area contributed by atoms with Gasteiger partial charge in [0.15, 0.2) is 0 Å². The highest BCUT2D eigenvalue weighted by molar-refractivity contribution is 7.98. The van der Waals surface area contributed by atoms with E-state index in [0.29, 0.717) is 0 Å². The molecule has 3 nitrogen and oxygen atoms in total. The van der Waals surface area contributed by atoms with Gasteiger partial charge in [0.05, 0.1) is 5.75 Å². The van der Waals surface area contributed by atoms with Crippen LogP contribution in [0.2, 0.25) is 0 Å². The molecule has 0 bridgehead atoms. The second kappa shape index (κ2) is 7.92. The number of hydrogen-bond donors (Lipinski definition) is 1. The zero-order chi connectivity index (χ0) is 13.3. The van der Waals surface area contributed by atoms with Crippen LogP contribution in [0.4, 0.5) is 0 Å². The lowest BCUT2D eigenvalue weighted by Gasteiger charge is -2.05. The summed E-state index contributed by atoms with van der Waals surface area (Å²) in [5, 5.41) is 3.40. The Morgan fingerprint density at radius 3 is 2.53 bits per heavy atom. The molecule has 19 heavy (non-hydrogen) atoms. The molecular formula is C15H19N3S. The number of nitrogens with zero attached hydrogens (tertiary/aromatic N) is 2.